The van der Waals surface area contributed by atoms with Crippen LogP contribution >= 0.6 is 0 Å². The molecule has 0 saturated carbocycles. The predicted molar refractivity (Wildman–Crippen MR) is 317 cm³/mol. The van der Waals surface area contributed by atoms with Crippen molar-refractivity contribution < 1.29 is 271 Å². The number of carbonyl (C=O) groups is 5. The van der Waals surface area contributed by atoms with Crippen LogP contribution in [0.25, 0.3) is 0 Å². The second-order valence-electron chi connectivity index (χ2n) is 21.8. The van der Waals surface area contributed by atoms with Gasteiger partial charge in [0.15, 0.2) is 55.9 Å². The summed E-state index contributed by atoms with van der Waals surface area (Å²) in [5.41, 5.74) is 0. The molecule has 0 spiro atoms. The molecule has 0 aliphatic carbocycles. The van der Waals surface area contributed by atoms with Crippen molar-refractivity contribution in [2.75, 3.05) is 19.8 Å². The average molecular weight is 1860 g/mol. The van der Waals surface area contributed by atoms with E-state index in [1.165, 1.54) is 0 Å². The lowest BCUT2D eigenvalue weighted by atomic mass is 9.93. The Morgan fingerprint density at radius 3 is 0.775 bits per heavy atom. The molecule has 25 atom stereocenters. The summed E-state index contributed by atoms with van der Waals surface area (Å²) in [6.45, 7) is -4.83. The van der Waals surface area contributed by atoms with Gasteiger partial charge >= 0.3 is 126 Å². The molecule has 0 aromatic rings. The monoisotopic (exact) mass is 1860 g/mol. The van der Waals surface area contributed by atoms with Gasteiger partial charge in [-0.25, -0.2) is 55.6 Å². The SMILES string of the molecule is CC(=O)N[C@@H]1[C@@H](OS(=O)(=O)O)[C@H](O[C@@H]2O[C@H](C(=O)O)[C@@H](O[C@H]3O[C@H](COS(=O)(=O)O)[C@@H](O[C@@H]4O[C@H](C(=O)O)[C@@H](O[C@H]5O[C@H](COS(=O)(=O)O)[C@@H](OS(=O)(=O)O)[C@H](OS(=O)(=O)O)[C@H]5NC(C)=O)[C@H](OS(=O)(=O)O)[C@H]4OS(=O)(=O)O)[C@H](OS(=O)(=O)O)[C@H]3NC(C)=O)[C@H](OS(=O)(=O)O)[C@H]2OS(=O)(=O)O)[C@@H](COS(=O)(=O)O)O[C@@H]1O. The van der Waals surface area contributed by atoms with Gasteiger partial charge in [-0.2, -0.15) is 92.6 Å². The Kier molecular flexibility index (Phi) is 32.0. The lowest BCUT2D eigenvalue weighted by molar-refractivity contribution is -0.369. The Bertz CT molecular complexity index is 4720. The highest BCUT2D eigenvalue weighted by molar-refractivity contribution is 7.83. The average Bonchev–Trinajstić information content (AvgIpc) is 0.751. The molecule has 111 heavy (non-hydrogen) atoms. The Balaban J connectivity index is 1.82. The van der Waals surface area contributed by atoms with E-state index in [9.17, 15) is 182 Å². The van der Waals surface area contributed by atoms with Crippen LogP contribution in [0.1, 0.15) is 20.8 Å². The number of hydrogen-bond donors (Lipinski definition) is 17. The molecule has 0 aromatic carbocycles. The molecule has 0 aromatic heterocycles. The second kappa shape index (κ2) is 36.6. The molecule has 5 aliphatic heterocycles. The summed E-state index contributed by atoms with van der Waals surface area (Å²) in [4.78, 5) is 65.2. The van der Waals surface area contributed by atoms with Crippen LogP contribution in [-0.2, 0) is 227 Å². The zero-order valence-corrected chi connectivity index (χ0v) is 62.5. The van der Waals surface area contributed by atoms with E-state index in [0.29, 0.717) is 20.8 Å². The number of carboxylic acid groups (broad SMARTS) is 2. The zero-order valence-electron chi connectivity index (χ0n) is 53.5. The van der Waals surface area contributed by atoms with E-state index in [2.05, 4.69) is 46.0 Å². The Hall–Kier alpha value is -4.48. The van der Waals surface area contributed by atoms with E-state index in [-0.39, 0.29) is 0 Å². The highest BCUT2D eigenvalue weighted by Crippen LogP contribution is 2.42. The van der Waals surface area contributed by atoms with Gasteiger partial charge in [0.25, 0.3) is 0 Å². The van der Waals surface area contributed by atoms with Gasteiger partial charge in [0.2, 0.25) is 17.7 Å². The molecule has 64 nitrogen and oxygen atoms in total. The molecule has 5 fully saturated rings. The maximum absolute atomic E-state index is 13.5. The van der Waals surface area contributed by atoms with E-state index < -0.39 is 317 Å². The van der Waals surface area contributed by atoms with Crippen LogP contribution in [0.4, 0.5) is 0 Å². The number of ether oxygens (including phenoxy) is 9. The number of hydrogen-bond acceptors (Lipinski definition) is 48. The van der Waals surface area contributed by atoms with Gasteiger partial charge in [0.1, 0.15) is 97.5 Å². The van der Waals surface area contributed by atoms with Crippen molar-refractivity contribution in [2.45, 2.75) is 174 Å². The van der Waals surface area contributed by atoms with Crippen LogP contribution in [0.5, 0.6) is 0 Å². The maximum Gasteiger partial charge on any atom is 0.397 e. The summed E-state index contributed by atoms with van der Waals surface area (Å²) < 4.78 is 478. The fourth-order valence-electron chi connectivity index (χ4n) is 10.5. The maximum atomic E-state index is 13.5. The molecule has 0 unspecified atom stereocenters. The normalized spacial score (nSPS) is 34.1. The van der Waals surface area contributed by atoms with Gasteiger partial charge < -0.3 is 73.9 Å². The van der Waals surface area contributed by atoms with Crippen LogP contribution < -0.4 is 16.0 Å². The minimum Gasteiger partial charge on any atom is -0.479 e. The van der Waals surface area contributed by atoms with E-state index >= 15 is 0 Å². The summed E-state index contributed by atoms with van der Waals surface area (Å²) >= 11 is 0. The van der Waals surface area contributed by atoms with Crippen LogP contribution in [0.2, 0.25) is 0 Å². The van der Waals surface area contributed by atoms with E-state index in [1.807, 2.05) is 0 Å². The van der Waals surface area contributed by atoms with Gasteiger partial charge in [0.05, 0.1) is 19.8 Å². The second-order valence-corrected chi connectivity index (χ2v) is 33.5. The molecule has 3 amide bonds. The van der Waals surface area contributed by atoms with Gasteiger partial charge in [-0.15, -0.1) is 0 Å². The first kappa shape index (κ1) is 97.1. The first-order valence-corrected chi connectivity index (χ1v) is 42.8. The quantitative estimate of drug-likeness (QED) is 0.0255. The van der Waals surface area contributed by atoms with Gasteiger partial charge in [-0.05, 0) is 0 Å². The van der Waals surface area contributed by atoms with E-state index in [4.69, 9.17) is 42.6 Å². The highest BCUT2D eigenvalue weighted by Gasteiger charge is 2.64. The molecular formula is C36H57N3O61S11. The molecular weight excluding hydrogens is 1800 g/mol. The summed E-state index contributed by atoms with van der Waals surface area (Å²) in [5, 5.41) is 37.3. The molecule has 5 heterocycles. The fourth-order valence-corrected chi connectivity index (χ4v) is 15.4. The largest absolute Gasteiger partial charge is 0.479 e. The first-order valence-electron chi connectivity index (χ1n) is 27.8. The molecule has 0 radical (unpaired) electrons. The number of carboxylic acids is 2. The van der Waals surface area contributed by atoms with Crippen LogP contribution in [-0.4, -0.2) is 361 Å². The fraction of sp³-hybridized carbons (Fsp3) is 0.861. The third-order valence-electron chi connectivity index (χ3n) is 13.7. The predicted octanol–water partition coefficient (Wildman–Crippen LogP) is -13.2. The smallest absolute Gasteiger partial charge is 0.397 e. The summed E-state index contributed by atoms with van der Waals surface area (Å²) in [5.74, 6) is -10.3. The number of nitrogens with one attached hydrogen (secondary N) is 3. The van der Waals surface area contributed by atoms with Crippen molar-refractivity contribution >= 4 is 144 Å². The highest BCUT2D eigenvalue weighted by atomic mass is 32.3. The van der Waals surface area contributed by atoms with E-state index in [0.717, 1.165) is 0 Å². The Morgan fingerprint density at radius 2 is 0.505 bits per heavy atom. The Morgan fingerprint density at radius 1 is 0.279 bits per heavy atom. The van der Waals surface area contributed by atoms with Crippen LogP contribution in [0.3, 0.4) is 0 Å². The van der Waals surface area contributed by atoms with Crippen molar-refractivity contribution in [1.82, 2.24) is 16.0 Å². The van der Waals surface area contributed by atoms with Gasteiger partial charge in [0, 0.05) is 20.8 Å². The standard InChI is InChI=1S/C36H57N3O61S11/c1-7(40)37-13-19(94-105(60,61)62)16(10(84-32(13)47)4-81-101(48,49)50)87-35-28(99-110(75,76)77)24(97-108(69,70)71)22(26(91-35)30(43)44)89-33-14(38-8(2)41)20(95-106(63,64)65)17(11(85-33)5-82-102(51,52)53)88-36-29(100-111(78,79)80)25(98-109(72,73)74)23(27(92-36)31(45)46)90-34-15(39-9(3)42)21(96-107(66,67)68)18(93-104(57,58)59)12(86-34)6-83-103(54,55)56/h10-29,32-36,47H,4-6H2,1-3H3,(H,37,40)(H,38,41)(H,39,42)(H,43,44)(H,45,46)(H,48,49,50)(H,51,52,53)(H,54,55,56)(H,57,58,59)(H,60,61,62)(H,63,64,65)(H,66,67,68)(H,69,70,71)(H,72,73,74)(H,75,76,77)(H,78,79,80)/t10-,11-,12-,13-,14-,15-,16-,17-,18-,19-,20-,21-,22+,23+,24+,25+,26+,27+,28-,29-,32+,33-,34-,35-,36-/m1/s1. The number of aliphatic hydroxyl groups excluding tert-OH is 1. The summed E-state index contributed by atoms with van der Waals surface area (Å²) in [6, 6.07) is -8.79. The molecule has 648 valence electrons. The zero-order chi connectivity index (χ0) is 85.2. The molecule has 17 N–H and O–H groups in total. The molecule has 0 bridgehead atoms. The molecule has 5 aliphatic rings. The number of aliphatic hydroxyl groups is 1. The number of rotatable bonds is 38. The van der Waals surface area contributed by atoms with Crippen molar-refractivity contribution in [1.29, 1.82) is 0 Å². The summed E-state index contributed by atoms with van der Waals surface area (Å²) in [6.07, 6.45) is -74.6. The van der Waals surface area contributed by atoms with Gasteiger partial charge in [-0.3, -0.25) is 64.5 Å². The first-order chi connectivity index (χ1) is 49.9. The summed E-state index contributed by atoms with van der Waals surface area (Å²) in [7, 11) is -69.5. The topological polar surface area (TPSA) is 965 Å². The third kappa shape index (κ3) is 31.5. The number of aliphatic carboxylic acids is 2. The number of amides is 3. The van der Waals surface area contributed by atoms with Crippen molar-refractivity contribution in [3.63, 3.8) is 0 Å². The lowest BCUT2D eigenvalue weighted by Crippen LogP contribution is -2.72. The molecule has 5 saturated heterocycles. The minimum atomic E-state index is -6.66. The minimum absolute atomic E-state index is 0.332. The van der Waals surface area contributed by atoms with Crippen molar-refractivity contribution in [3.8, 4) is 0 Å². The molecule has 5 rings (SSSR count). The van der Waals surface area contributed by atoms with E-state index in [1.54, 1.807) is 16.0 Å². The van der Waals surface area contributed by atoms with Crippen LogP contribution in [0, 0.1) is 0 Å². The number of carbonyl (C=O) groups excluding carboxylic acids is 3. The molecule has 75 heteroatoms. The van der Waals surface area contributed by atoms with Crippen molar-refractivity contribution in [2.24, 2.45) is 0 Å². The third-order valence-corrected chi connectivity index (χ3v) is 18.7. The van der Waals surface area contributed by atoms with Crippen LogP contribution in [0.15, 0.2) is 0 Å². The lowest BCUT2D eigenvalue weighted by Gasteiger charge is -2.51. The Labute approximate surface area is 621 Å². The van der Waals surface area contributed by atoms with Gasteiger partial charge in [-0.1, -0.05) is 0 Å². The van der Waals surface area contributed by atoms with Crippen molar-refractivity contribution in [3.05, 3.63) is 0 Å².